The summed E-state index contributed by atoms with van der Waals surface area (Å²) < 4.78 is 11.1. The van der Waals surface area contributed by atoms with Crippen molar-refractivity contribution in [2.24, 2.45) is 0 Å². The lowest BCUT2D eigenvalue weighted by atomic mass is 9.93. The first kappa shape index (κ1) is 23.5. The van der Waals surface area contributed by atoms with Crippen molar-refractivity contribution in [1.29, 1.82) is 0 Å². The molecule has 156 valence electrons. The van der Waals surface area contributed by atoms with Gasteiger partial charge in [0.1, 0.15) is 17.2 Å². The predicted molar refractivity (Wildman–Crippen MR) is 108 cm³/mol. The fourth-order valence-corrected chi connectivity index (χ4v) is 3.19. The maximum Gasteiger partial charge on any atom is 0.410 e. The first-order valence-corrected chi connectivity index (χ1v) is 9.92. The van der Waals surface area contributed by atoms with Gasteiger partial charge in [-0.25, -0.2) is 4.79 Å². The third kappa shape index (κ3) is 8.33. The Morgan fingerprint density at radius 3 is 2.19 bits per heavy atom. The van der Waals surface area contributed by atoms with Crippen LogP contribution in [0.5, 0.6) is 0 Å². The molecular weight excluding hydrogens is 344 g/mol. The average molecular weight is 383 g/mol. The zero-order valence-electron chi connectivity index (χ0n) is 18.1. The van der Waals surface area contributed by atoms with E-state index >= 15 is 0 Å². The lowest BCUT2D eigenvalue weighted by Crippen LogP contribution is -2.56. The quantitative estimate of drug-likeness (QED) is 0.555. The Balaban J connectivity index is 2.80. The number of likely N-dealkylation sites (tertiary alicyclic amines) is 1. The SMILES string of the molecule is C=CCC1CCCC(CN[C@@H](C)C(=O)OC(C)(C)C)N1C(=O)OC(C)(C)C. The number of piperidine rings is 1. The summed E-state index contributed by atoms with van der Waals surface area (Å²) in [5.74, 6) is -0.287. The van der Waals surface area contributed by atoms with Crippen LogP contribution in [0.15, 0.2) is 12.7 Å². The molecule has 1 rings (SSSR count). The molecule has 6 nitrogen and oxygen atoms in total. The summed E-state index contributed by atoms with van der Waals surface area (Å²) in [6, 6.07) is -0.386. The third-order valence-electron chi connectivity index (χ3n) is 4.32. The van der Waals surface area contributed by atoms with E-state index in [1.807, 2.05) is 52.5 Å². The number of rotatable bonds is 6. The number of hydrogen-bond donors (Lipinski definition) is 1. The van der Waals surface area contributed by atoms with E-state index in [1.54, 1.807) is 6.92 Å². The molecule has 0 aromatic heterocycles. The molecule has 6 heteroatoms. The van der Waals surface area contributed by atoms with Crippen LogP contribution >= 0.6 is 0 Å². The number of nitrogens with zero attached hydrogens (tertiary/aromatic N) is 1. The maximum absolute atomic E-state index is 12.8. The van der Waals surface area contributed by atoms with Crippen LogP contribution < -0.4 is 5.32 Å². The van der Waals surface area contributed by atoms with Crippen LogP contribution in [0.25, 0.3) is 0 Å². The van der Waals surface area contributed by atoms with Gasteiger partial charge < -0.3 is 19.7 Å². The van der Waals surface area contributed by atoms with Crippen molar-refractivity contribution in [1.82, 2.24) is 10.2 Å². The molecule has 27 heavy (non-hydrogen) atoms. The average Bonchev–Trinajstić information content (AvgIpc) is 2.49. The van der Waals surface area contributed by atoms with E-state index in [2.05, 4.69) is 11.9 Å². The number of hydrogen-bond acceptors (Lipinski definition) is 5. The van der Waals surface area contributed by atoms with Crippen LogP contribution in [-0.4, -0.2) is 52.8 Å². The number of carbonyl (C=O) groups is 2. The van der Waals surface area contributed by atoms with Crippen LogP contribution in [0, 0.1) is 0 Å². The highest BCUT2D eigenvalue weighted by atomic mass is 16.6. The Labute approximate surface area is 164 Å². The van der Waals surface area contributed by atoms with Crippen molar-refractivity contribution in [2.75, 3.05) is 6.54 Å². The molecule has 2 unspecified atom stereocenters. The molecule has 1 heterocycles. The van der Waals surface area contributed by atoms with Gasteiger partial charge in [0.2, 0.25) is 0 Å². The second-order valence-corrected chi connectivity index (χ2v) is 9.31. The van der Waals surface area contributed by atoms with Crippen molar-refractivity contribution in [2.45, 2.75) is 103 Å². The molecule has 1 aliphatic rings. The van der Waals surface area contributed by atoms with Crippen molar-refractivity contribution in [3.05, 3.63) is 12.7 Å². The van der Waals surface area contributed by atoms with E-state index in [0.717, 1.165) is 25.7 Å². The van der Waals surface area contributed by atoms with Crippen molar-refractivity contribution >= 4 is 12.1 Å². The smallest absolute Gasteiger partial charge is 0.410 e. The molecule has 0 spiro atoms. The van der Waals surface area contributed by atoms with E-state index in [4.69, 9.17) is 9.47 Å². The van der Waals surface area contributed by atoms with Gasteiger partial charge in [0.25, 0.3) is 0 Å². The first-order chi connectivity index (χ1) is 12.3. The van der Waals surface area contributed by atoms with Gasteiger partial charge in [-0.05, 0) is 74.1 Å². The summed E-state index contributed by atoms with van der Waals surface area (Å²) in [6.45, 7) is 17.3. The minimum absolute atomic E-state index is 0.0246. The molecule has 1 aliphatic heterocycles. The van der Waals surface area contributed by atoms with Gasteiger partial charge in [-0.1, -0.05) is 6.08 Å². The zero-order chi connectivity index (χ0) is 20.8. The van der Waals surface area contributed by atoms with Gasteiger partial charge >= 0.3 is 12.1 Å². The number of amides is 1. The molecule has 1 fully saturated rings. The van der Waals surface area contributed by atoms with E-state index < -0.39 is 17.2 Å². The molecular formula is C21H38N2O4. The topological polar surface area (TPSA) is 67.9 Å². The summed E-state index contributed by atoms with van der Waals surface area (Å²) in [5, 5.41) is 3.24. The van der Waals surface area contributed by atoms with Gasteiger partial charge in [-0.2, -0.15) is 0 Å². The molecule has 1 N–H and O–H groups in total. The molecule has 1 saturated heterocycles. The first-order valence-electron chi connectivity index (χ1n) is 9.92. The van der Waals surface area contributed by atoms with E-state index in [9.17, 15) is 9.59 Å². The largest absolute Gasteiger partial charge is 0.459 e. The lowest BCUT2D eigenvalue weighted by molar-refractivity contribution is -0.157. The van der Waals surface area contributed by atoms with Crippen LogP contribution in [0.3, 0.4) is 0 Å². The molecule has 0 aromatic carbocycles. The number of ether oxygens (including phenoxy) is 2. The predicted octanol–water partition coefficient (Wildman–Crippen LogP) is 4.04. The molecule has 0 radical (unpaired) electrons. The Kier molecular flexibility index (Phi) is 8.33. The molecule has 0 saturated carbocycles. The van der Waals surface area contributed by atoms with Gasteiger partial charge in [-0.3, -0.25) is 4.79 Å². The summed E-state index contributed by atoms with van der Waals surface area (Å²) in [4.78, 5) is 26.9. The zero-order valence-corrected chi connectivity index (χ0v) is 18.1. The van der Waals surface area contributed by atoms with Crippen LogP contribution in [0.2, 0.25) is 0 Å². The Bertz CT molecular complexity index is 519. The van der Waals surface area contributed by atoms with Crippen molar-refractivity contribution in [3.63, 3.8) is 0 Å². The van der Waals surface area contributed by atoms with Gasteiger partial charge in [0.15, 0.2) is 0 Å². The molecule has 0 aliphatic carbocycles. The lowest BCUT2D eigenvalue weighted by Gasteiger charge is -2.42. The second-order valence-electron chi connectivity index (χ2n) is 9.31. The highest BCUT2D eigenvalue weighted by Crippen LogP contribution is 2.27. The standard InChI is InChI=1S/C21H38N2O4/c1-9-11-16-12-10-13-17(23(16)19(25)27-21(6,7)8)14-22-15(2)18(24)26-20(3,4)5/h9,15-17,22H,1,10-14H2,2-8H3/t15-,16?,17?/m0/s1. The Morgan fingerprint density at radius 1 is 1.11 bits per heavy atom. The molecule has 0 bridgehead atoms. The van der Waals surface area contributed by atoms with Crippen LogP contribution in [0.1, 0.15) is 74.1 Å². The summed E-state index contributed by atoms with van der Waals surface area (Å²) in [7, 11) is 0. The number of carbonyl (C=O) groups excluding carboxylic acids is 2. The van der Waals surface area contributed by atoms with Crippen LogP contribution in [0.4, 0.5) is 4.79 Å². The molecule has 1 amide bonds. The summed E-state index contributed by atoms with van der Waals surface area (Å²) >= 11 is 0. The normalized spacial score (nSPS) is 22.1. The van der Waals surface area contributed by atoms with E-state index in [-0.39, 0.29) is 24.1 Å². The van der Waals surface area contributed by atoms with Gasteiger partial charge in [0.05, 0.1) is 0 Å². The minimum atomic E-state index is -0.547. The Morgan fingerprint density at radius 2 is 1.67 bits per heavy atom. The highest BCUT2D eigenvalue weighted by molar-refractivity contribution is 5.75. The van der Waals surface area contributed by atoms with Gasteiger partial charge in [0, 0.05) is 18.6 Å². The number of nitrogens with one attached hydrogen (secondary N) is 1. The monoisotopic (exact) mass is 382 g/mol. The van der Waals surface area contributed by atoms with E-state index in [1.165, 1.54) is 0 Å². The number of esters is 1. The molecule has 3 atom stereocenters. The van der Waals surface area contributed by atoms with E-state index in [0.29, 0.717) is 6.54 Å². The van der Waals surface area contributed by atoms with Crippen molar-refractivity contribution in [3.8, 4) is 0 Å². The van der Waals surface area contributed by atoms with Crippen molar-refractivity contribution < 1.29 is 19.1 Å². The van der Waals surface area contributed by atoms with Gasteiger partial charge in [-0.15, -0.1) is 6.58 Å². The Hall–Kier alpha value is -1.56. The fraction of sp³-hybridized carbons (Fsp3) is 0.810. The highest BCUT2D eigenvalue weighted by Gasteiger charge is 2.36. The molecule has 0 aromatic rings. The second kappa shape index (κ2) is 9.58. The fourth-order valence-electron chi connectivity index (χ4n) is 3.19. The van der Waals surface area contributed by atoms with Crippen LogP contribution in [-0.2, 0) is 14.3 Å². The maximum atomic E-state index is 12.8. The summed E-state index contributed by atoms with van der Waals surface area (Å²) in [6.07, 6.45) is 5.12. The summed E-state index contributed by atoms with van der Waals surface area (Å²) in [5.41, 5.74) is -1.06. The third-order valence-corrected chi connectivity index (χ3v) is 4.32. The minimum Gasteiger partial charge on any atom is -0.459 e.